The summed E-state index contributed by atoms with van der Waals surface area (Å²) in [6, 6.07) is 3.12. The minimum absolute atomic E-state index is 0.00920. The second-order valence-electron chi connectivity index (χ2n) is 6.69. The van der Waals surface area contributed by atoms with Crippen LogP contribution in [0.3, 0.4) is 0 Å². The highest BCUT2D eigenvalue weighted by molar-refractivity contribution is 6.03. The average molecular weight is 352 g/mol. The lowest BCUT2D eigenvalue weighted by molar-refractivity contribution is -0.136. The van der Waals surface area contributed by atoms with Gasteiger partial charge in [0.05, 0.1) is 12.1 Å². The van der Waals surface area contributed by atoms with Crippen molar-refractivity contribution < 1.29 is 18.0 Å². The molecule has 0 spiro atoms. The molecule has 1 amide bonds. The molecule has 1 unspecified atom stereocenters. The Morgan fingerprint density at radius 3 is 2.72 bits per heavy atom. The van der Waals surface area contributed by atoms with Crippen molar-refractivity contribution in [1.82, 2.24) is 5.43 Å². The summed E-state index contributed by atoms with van der Waals surface area (Å²) in [5, 5.41) is 6.65. The normalized spacial score (nSPS) is 20.0. The summed E-state index contributed by atoms with van der Waals surface area (Å²) < 4.78 is 39.0. The minimum atomic E-state index is -4.66. The van der Waals surface area contributed by atoms with Crippen molar-refractivity contribution >= 4 is 23.0 Å². The van der Waals surface area contributed by atoms with Crippen LogP contribution in [0.25, 0.3) is 4.85 Å². The second kappa shape index (κ2) is 6.75. The van der Waals surface area contributed by atoms with Crippen molar-refractivity contribution in [2.45, 2.75) is 45.3 Å². The number of nitrogens with one attached hydrogen (secondary N) is 2. The first-order valence-corrected chi connectivity index (χ1v) is 7.78. The Balaban J connectivity index is 2.15. The predicted octanol–water partition coefficient (Wildman–Crippen LogP) is 4.35. The molecular weight excluding hydrogens is 333 g/mol. The van der Waals surface area contributed by atoms with Gasteiger partial charge in [-0.05, 0) is 31.4 Å². The third kappa shape index (κ3) is 4.29. The smallest absolute Gasteiger partial charge is 0.324 e. The number of carbonyl (C=O) groups is 1. The Kier molecular flexibility index (Phi) is 5.07. The fourth-order valence-electron chi connectivity index (χ4n) is 2.62. The van der Waals surface area contributed by atoms with E-state index in [9.17, 15) is 18.0 Å². The molecule has 1 aliphatic rings. The van der Waals surface area contributed by atoms with Crippen molar-refractivity contribution in [3.63, 3.8) is 0 Å². The monoisotopic (exact) mass is 352 g/mol. The molecule has 1 aromatic carbocycles. The Morgan fingerprint density at radius 2 is 2.16 bits per heavy atom. The van der Waals surface area contributed by atoms with E-state index in [0.717, 1.165) is 24.3 Å². The van der Waals surface area contributed by atoms with Gasteiger partial charge in [-0.25, -0.2) is 4.85 Å². The van der Waals surface area contributed by atoms with Crippen LogP contribution in [0.15, 0.2) is 23.3 Å². The maximum atomic E-state index is 13.0. The van der Waals surface area contributed by atoms with E-state index in [-0.39, 0.29) is 5.69 Å². The van der Waals surface area contributed by atoms with Gasteiger partial charge in [-0.15, -0.1) is 0 Å². The number of alkyl halides is 3. The summed E-state index contributed by atoms with van der Waals surface area (Å²) >= 11 is 0. The minimum Gasteiger partial charge on any atom is -0.324 e. The third-order valence-corrected chi connectivity index (χ3v) is 3.84. The molecule has 25 heavy (non-hydrogen) atoms. The van der Waals surface area contributed by atoms with Gasteiger partial charge in [0.1, 0.15) is 5.54 Å². The van der Waals surface area contributed by atoms with Gasteiger partial charge in [0.15, 0.2) is 5.69 Å². The van der Waals surface area contributed by atoms with Gasteiger partial charge < -0.3 is 5.32 Å². The van der Waals surface area contributed by atoms with E-state index in [0.29, 0.717) is 12.3 Å². The van der Waals surface area contributed by atoms with E-state index in [1.165, 1.54) is 6.07 Å². The zero-order valence-corrected chi connectivity index (χ0v) is 14.2. The Morgan fingerprint density at radius 1 is 1.48 bits per heavy atom. The van der Waals surface area contributed by atoms with Gasteiger partial charge in [0.25, 0.3) is 5.91 Å². The Bertz CT molecular complexity index is 749. The number of hydrogen-bond acceptors (Lipinski definition) is 3. The van der Waals surface area contributed by atoms with Crippen molar-refractivity contribution in [1.29, 1.82) is 0 Å². The molecule has 0 aromatic heterocycles. The molecule has 0 fully saturated rings. The summed E-state index contributed by atoms with van der Waals surface area (Å²) in [7, 11) is 0. The molecule has 8 heteroatoms. The van der Waals surface area contributed by atoms with Gasteiger partial charge in [-0.2, -0.15) is 18.3 Å². The topological polar surface area (TPSA) is 57.9 Å². The highest BCUT2D eigenvalue weighted by Gasteiger charge is 2.39. The van der Waals surface area contributed by atoms with Gasteiger partial charge in [-0.3, -0.25) is 10.2 Å². The number of amides is 1. The van der Waals surface area contributed by atoms with Crippen LogP contribution in [0.1, 0.15) is 39.2 Å². The van der Waals surface area contributed by atoms with E-state index in [2.05, 4.69) is 20.7 Å². The molecule has 1 atom stereocenters. The Labute approximate surface area is 144 Å². The van der Waals surface area contributed by atoms with Crippen LogP contribution in [0.2, 0.25) is 0 Å². The van der Waals surface area contributed by atoms with Crippen LogP contribution >= 0.6 is 0 Å². The SMILES string of the molecule is [C-]#[N+]c1ccc(NC(=O)C2(C)CC(CC(C)C)=NN2)cc1C(F)(F)F. The number of benzene rings is 1. The number of hydrogen-bond donors (Lipinski definition) is 2. The maximum absolute atomic E-state index is 13.0. The zero-order chi connectivity index (χ0) is 18.8. The summed E-state index contributed by atoms with van der Waals surface area (Å²) in [5.41, 5.74) is 1.04. The lowest BCUT2D eigenvalue weighted by Crippen LogP contribution is -2.47. The lowest BCUT2D eigenvalue weighted by atomic mass is 9.92. The summed E-state index contributed by atoms with van der Waals surface area (Å²) in [6.07, 6.45) is -3.53. The molecular formula is C17H19F3N4O. The first-order valence-electron chi connectivity index (χ1n) is 7.78. The highest BCUT2D eigenvalue weighted by Crippen LogP contribution is 2.38. The van der Waals surface area contributed by atoms with E-state index in [1.807, 2.05) is 13.8 Å². The van der Waals surface area contributed by atoms with E-state index in [1.54, 1.807) is 6.92 Å². The van der Waals surface area contributed by atoms with Gasteiger partial charge in [0.2, 0.25) is 0 Å². The molecule has 2 rings (SSSR count). The first-order chi connectivity index (χ1) is 11.5. The molecule has 2 N–H and O–H groups in total. The van der Waals surface area contributed by atoms with E-state index in [4.69, 9.17) is 6.57 Å². The molecule has 1 aromatic rings. The molecule has 0 bridgehead atoms. The number of anilines is 1. The Hall–Kier alpha value is -2.56. The number of halogens is 3. The fourth-order valence-corrected chi connectivity index (χ4v) is 2.62. The summed E-state index contributed by atoms with van der Waals surface area (Å²) in [5.74, 6) is -0.0832. The van der Waals surface area contributed by atoms with Crippen molar-refractivity contribution in [2.75, 3.05) is 5.32 Å². The zero-order valence-electron chi connectivity index (χ0n) is 14.2. The maximum Gasteiger partial charge on any atom is 0.407 e. The predicted molar refractivity (Wildman–Crippen MR) is 89.4 cm³/mol. The van der Waals surface area contributed by atoms with Gasteiger partial charge in [0, 0.05) is 17.8 Å². The fraction of sp³-hybridized carbons (Fsp3) is 0.471. The molecule has 0 radical (unpaired) electrons. The van der Waals surface area contributed by atoms with Crippen LogP contribution in [-0.4, -0.2) is 17.2 Å². The van der Waals surface area contributed by atoms with Crippen molar-refractivity contribution in [2.24, 2.45) is 11.0 Å². The van der Waals surface area contributed by atoms with Crippen LogP contribution in [-0.2, 0) is 11.0 Å². The first kappa shape index (κ1) is 18.8. The number of nitrogens with zero attached hydrogens (tertiary/aromatic N) is 2. The number of carbonyl (C=O) groups excluding carboxylic acids is 1. The van der Waals surface area contributed by atoms with Gasteiger partial charge in [-0.1, -0.05) is 19.9 Å². The summed E-state index contributed by atoms with van der Waals surface area (Å²) in [4.78, 5) is 15.4. The number of rotatable bonds is 4. The largest absolute Gasteiger partial charge is 0.407 e. The van der Waals surface area contributed by atoms with Gasteiger partial charge >= 0.3 is 6.18 Å². The van der Waals surface area contributed by atoms with Crippen molar-refractivity contribution in [3.8, 4) is 0 Å². The van der Waals surface area contributed by atoms with Crippen LogP contribution in [0.4, 0.5) is 24.5 Å². The third-order valence-electron chi connectivity index (χ3n) is 3.84. The van der Waals surface area contributed by atoms with Crippen molar-refractivity contribution in [3.05, 3.63) is 35.2 Å². The van der Waals surface area contributed by atoms with E-state index >= 15 is 0 Å². The van der Waals surface area contributed by atoms with Crippen LogP contribution in [0.5, 0.6) is 0 Å². The molecule has 0 saturated heterocycles. The second-order valence-corrected chi connectivity index (χ2v) is 6.69. The quantitative estimate of drug-likeness (QED) is 0.792. The highest BCUT2D eigenvalue weighted by atomic mass is 19.4. The molecule has 1 aliphatic heterocycles. The molecule has 1 heterocycles. The molecule has 0 saturated carbocycles. The standard InChI is InChI=1S/C17H19F3N4O/c1-10(2)7-12-9-16(3,24-23-12)15(25)22-11-5-6-14(21-4)13(8-11)17(18,19)20/h5-6,8,10,24H,7,9H2,1-3H3,(H,22,25). The number of hydrazone groups is 1. The molecule has 0 aliphatic carbocycles. The van der Waals surface area contributed by atoms with Crippen LogP contribution < -0.4 is 10.7 Å². The lowest BCUT2D eigenvalue weighted by Gasteiger charge is -2.23. The van der Waals surface area contributed by atoms with E-state index < -0.39 is 28.9 Å². The summed E-state index contributed by atoms with van der Waals surface area (Å²) in [6.45, 7) is 12.6. The molecule has 134 valence electrons. The average Bonchev–Trinajstić information content (AvgIpc) is 2.88. The molecule has 5 nitrogen and oxygen atoms in total. The van der Waals surface area contributed by atoms with Crippen LogP contribution in [0, 0.1) is 12.5 Å².